The Morgan fingerprint density at radius 3 is 2.73 bits per heavy atom. The van der Waals surface area contributed by atoms with Gasteiger partial charge in [0, 0.05) is 18.1 Å². The molecule has 1 aliphatic carbocycles. The second-order valence-corrected chi connectivity index (χ2v) is 5.73. The lowest BCUT2D eigenvalue weighted by molar-refractivity contribution is 0.0536. The van der Waals surface area contributed by atoms with Crippen molar-refractivity contribution in [3.63, 3.8) is 0 Å². The van der Waals surface area contributed by atoms with Crippen molar-refractivity contribution >= 4 is 5.91 Å². The number of benzene rings is 1. The summed E-state index contributed by atoms with van der Waals surface area (Å²) in [4.78, 5) is 16.9. The van der Waals surface area contributed by atoms with Crippen LogP contribution >= 0.6 is 0 Å². The van der Waals surface area contributed by atoms with Crippen molar-refractivity contribution in [1.82, 2.24) is 5.48 Å². The van der Waals surface area contributed by atoms with Crippen LogP contribution in [0.2, 0.25) is 0 Å². The molecular weight excluding hydrogens is 278 g/mol. The van der Waals surface area contributed by atoms with Crippen molar-refractivity contribution in [2.24, 2.45) is 0 Å². The Kier molecular flexibility index (Phi) is 6.62. The molecule has 0 spiro atoms. The molecule has 0 radical (unpaired) electrons. The van der Waals surface area contributed by atoms with Crippen LogP contribution in [0.3, 0.4) is 0 Å². The standard InChI is InChI=1S/C18H25NO3/c1-22-19-18(21)17-10-6-5-9-16(17)15(11-12-20)13-14-7-3-2-4-8-14/h5-6,9-10,13,15,20H,2-4,7-8,11-12H2,1H3,(H,19,21). The number of amides is 1. The number of hydrogen-bond acceptors (Lipinski definition) is 3. The van der Waals surface area contributed by atoms with E-state index in [0.29, 0.717) is 12.0 Å². The Morgan fingerprint density at radius 1 is 1.32 bits per heavy atom. The Bertz CT molecular complexity index is 517. The van der Waals surface area contributed by atoms with Crippen molar-refractivity contribution in [3.05, 3.63) is 47.0 Å². The molecule has 0 bridgehead atoms. The summed E-state index contributed by atoms with van der Waals surface area (Å²) in [5.74, 6) is -0.181. The summed E-state index contributed by atoms with van der Waals surface area (Å²) < 4.78 is 0. The van der Waals surface area contributed by atoms with Gasteiger partial charge in [-0.1, -0.05) is 36.3 Å². The van der Waals surface area contributed by atoms with Crippen molar-refractivity contribution in [1.29, 1.82) is 0 Å². The van der Waals surface area contributed by atoms with Crippen LogP contribution in [0.25, 0.3) is 0 Å². The van der Waals surface area contributed by atoms with E-state index < -0.39 is 0 Å². The van der Waals surface area contributed by atoms with Crippen LogP contribution in [0.1, 0.15) is 60.4 Å². The van der Waals surface area contributed by atoms with Gasteiger partial charge in [-0.25, -0.2) is 5.48 Å². The average Bonchev–Trinajstić information content (AvgIpc) is 2.56. The Hall–Kier alpha value is -1.65. The number of hydrogen-bond donors (Lipinski definition) is 2. The van der Waals surface area contributed by atoms with Gasteiger partial charge in [0.2, 0.25) is 0 Å². The second-order valence-electron chi connectivity index (χ2n) is 5.73. The first-order valence-electron chi connectivity index (χ1n) is 7.99. The lowest BCUT2D eigenvalue weighted by Crippen LogP contribution is -2.23. The molecule has 1 aliphatic rings. The maximum Gasteiger partial charge on any atom is 0.275 e. The number of aliphatic hydroxyl groups excluding tert-OH is 1. The largest absolute Gasteiger partial charge is 0.396 e. The molecule has 0 heterocycles. The van der Waals surface area contributed by atoms with Gasteiger partial charge in [-0.05, 0) is 43.7 Å². The molecule has 4 nitrogen and oxygen atoms in total. The first-order chi connectivity index (χ1) is 10.8. The number of nitrogens with one attached hydrogen (secondary N) is 1. The number of hydroxylamine groups is 1. The highest BCUT2D eigenvalue weighted by Crippen LogP contribution is 2.30. The molecule has 1 unspecified atom stereocenters. The van der Waals surface area contributed by atoms with Crippen LogP contribution in [0, 0.1) is 0 Å². The third-order valence-corrected chi connectivity index (χ3v) is 4.17. The van der Waals surface area contributed by atoms with Gasteiger partial charge in [0.25, 0.3) is 5.91 Å². The van der Waals surface area contributed by atoms with Crippen molar-refractivity contribution in [2.45, 2.75) is 44.4 Å². The summed E-state index contributed by atoms with van der Waals surface area (Å²) in [5, 5.41) is 9.41. The van der Waals surface area contributed by atoms with Gasteiger partial charge in [-0.2, -0.15) is 0 Å². The Labute approximate surface area is 132 Å². The molecule has 1 aromatic rings. The monoisotopic (exact) mass is 303 g/mol. The molecule has 1 saturated carbocycles. The van der Waals surface area contributed by atoms with Gasteiger partial charge in [-0.3, -0.25) is 9.63 Å². The Balaban J connectivity index is 2.29. The van der Waals surface area contributed by atoms with Gasteiger partial charge in [-0.15, -0.1) is 0 Å². The van der Waals surface area contributed by atoms with Gasteiger partial charge in [0.15, 0.2) is 0 Å². The van der Waals surface area contributed by atoms with Crippen molar-refractivity contribution in [2.75, 3.05) is 13.7 Å². The summed E-state index contributed by atoms with van der Waals surface area (Å²) in [5.41, 5.74) is 5.39. The second kappa shape index (κ2) is 8.71. The molecule has 0 aliphatic heterocycles. The smallest absolute Gasteiger partial charge is 0.275 e. The molecule has 120 valence electrons. The van der Waals surface area contributed by atoms with E-state index in [2.05, 4.69) is 11.6 Å². The number of carbonyl (C=O) groups is 1. The summed E-state index contributed by atoms with van der Waals surface area (Å²) >= 11 is 0. The maximum atomic E-state index is 12.1. The highest BCUT2D eigenvalue weighted by atomic mass is 16.6. The SMILES string of the molecule is CONC(=O)c1ccccc1C(C=C1CCCCC1)CCO. The minimum atomic E-state index is -0.247. The third-order valence-electron chi connectivity index (χ3n) is 4.17. The van der Waals surface area contributed by atoms with E-state index in [-0.39, 0.29) is 18.4 Å². The predicted molar refractivity (Wildman–Crippen MR) is 86.5 cm³/mol. The molecule has 0 saturated heterocycles. The van der Waals surface area contributed by atoms with E-state index in [0.717, 1.165) is 18.4 Å². The van der Waals surface area contributed by atoms with E-state index in [1.807, 2.05) is 18.2 Å². The van der Waals surface area contributed by atoms with Crippen LogP contribution in [0.15, 0.2) is 35.9 Å². The third kappa shape index (κ3) is 4.42. The molecule has 1 amide bonds. The minimum absolute atomic E-state index is 0.0666. The van der Waals surface area contributed by atoms with Gasteiger partial charge in [0.1, 0.15) is 0 Å². The van der Waals surface area contributed by atoms with Gasteiger partial charge < -0.3 is 5.11 Å². The van der Waals surface area contributed by atoms with Gasteiger partial charge in [0.05, 0.1) is 7.11 Å². The molecule has 1 fully saturated rings. The van der Waals surface area contributed by atoms with Crippen molar-refractivity contribution in [3.8, 4) is 0 Å². The fourth-order valence-corrected chi connectivity index (χ4v) is 3.10. The maximum absolute atomic E-state index is 12.1. The molecule has 22 heavy (non-hydrogen) atoms. The van der Waals surface area contributed by atoms with E-state index in [1.165, 1.54) is 31.9 Å². The molecule has 2 rings (SSSR count). The van der Waals surface area contributed by atoms with E-state index in [1.54, 1.807) is 6.07 Å². The average molecular weight is 303 g/mol. The van der Waals surface area contributed by atoms with E-state index in [4.69, 9.17) is 4.84 Å². The molecule has 4 heteroatoms. The number of aliphatic hydroxyl groups is 1. The fourth-order valence-electron chi connectivity index (χ4n) is 3.10. The number of rotatable bonds is 6. The number of allylic oxidation sites excluding steroid dienone is 2. The summed E-state index contributed by atoms with van der Waals surface area (Å²) in [6.07, 6.45) is 8.93. The topological polar surface area (TPSA) is 58.6 Å². The zero-order chi connectivity index (χ0) is 15.8. The fraction of sp³-hybridized carbons (Fsp3) is 0.500. The van der Waals surface area contributed by atoms with Gasteiger partial charge >= 0.3 is 0 Å². The van der Waals surface area contributed by atoms with Crippen LogP contribution < -0.4 is 5.48 Å². The first-order valence-corrected chi connectivity index (χ1v) is 7.99. The van der Waals surface area contributed by atoms with Crippen molar-refractivity contribution < 1.29 is 14.7 Å². The zero-order valence-electron chi connectivity index (χ0n) is 13.2. The normalized spacial score (nSPS) is 16.2. The highest BCUT2D eigenvalue weighted by molar-refractivity contribution is 5.95. The summed E-state index contributed by atoms with van der Waals surface area (Å²) in [6, 6.07) is 7.54. The van der Waals surface area contributed by atoms with Crippen LogP contribution in [0.5, 0.6) is 0 Å². The minimum Gasteiger partial charge on any atom is -0.396 e. The number of carbonyl (C=O) groups excluding carboxylic acids is 1. The lowest BCUT2D eigenvalue weighted by atomic mass is 9.86. The molecule has 1 aromatic carbocycles. The summed E-state index contributed by atoms with van der Waals surface area (Å²) in [6.45, 7) is 0.106. The Morgan fingerprint density at radius 2 is 2.05 bits per heavy atom. The van der Waals surface area contributed by atoms with E-state index in [9.17, 15) is 9.90 Å². The summed E-state index contributed by atoms with van der Waals surface area (Å²) in [7, 11) is 1.43. The molecular formula is C18H25NO3. The molecule has 0 aromatic heterocycles. The van der Waals surface area contributed by atoms with Crippen LogP contribution in [0.4, 0.5) is 0 Å². The lowest BCUT2D eigenvalue weighted by Gasteiger charge is -2.20. The van der Waals surface area contributed by atoms with Crippen LogP contribution in [-0.4, -0.2) is 24.7 Å². The molecule has 2 N–H and O–H groups in total. The quantitative estimate of drug-likeness (QED) is 0.626. The predicted octanol–water partition coefficient (Wildman–Crippen LogP) is 3.33. The first kappa shape index (κ1) is 16.7. The van der Waals surface area contributed by atoms with Crippen LogP contribution in [-0.2, 0) is 4.84 Å². The zero-order valence-corrected chi connectivity index (χ0v) is 13.2. The highest BCUT2D eigenvalue weighted by Gasteiger charge is 2.18. The molecule has 1 atom stereocenters. The van der Waals surface area contributed by atoms with E-state index >= 15 is 0 Å².